The number of carbonyl (C=O) groups excluding carboxylic acids is 3. The van der Waals surface area contributed by atoms with E-state index in [1.807, 2.05) is 0 Å². The summed E-state index contributed by atoms with van der Waals surface area (Å²) >= 11 is 0. The summed E-state index contributed by atoms with van der Waals surface area (Å²) < 4.78 is 0. The number of amides is 3. The van der Waals surface area contributed by atoms with Crippen molar-refractivity contribution in [2.24, 2.45) is 0 Å². The van der Waals surface area contributed by atoms with Crippen molar-refractivity contribution >= 4 is 23.7 Å². The van der Waals surface area contributed by atoms with Crippen LogP contribution in [0.2, 0.25) is 0 Å². The van der Waals surface area contributed by atoms with Crippen molar-refractivity contribution in [2.45, 2.75) is 70.0 Å². The summed E-state index contributed by atoms with van der Waals surface area (Å²) in [6.07, 6.45) is -1.10. The van der Waals surface area contributed by atoms with E-state index in [0.29, 0.717) is 13.0 Å². The Kier molecular flexibility index (Phi) is 8.60. The zero-order valence-electron chi connectivity index (χ0n) is 15.6. The van der Waals surface area contributed by atoms with E-state index in [4.69, 9.17) is 5.11 Å². The van der Waals surface area contributed by atoms with Crippen molar-refractivity contribution in [3.8, 4) is 0 Å². The minimum absolute atomic E-state index is 0.425. The minimum Gasteiger partial charge on any atom is -0.480 e. The summed E-state index contributed by atoms with van der Waals surface area (Å²) in [5, 5.41) is 38.0. The molecule has 0 saturated carbocycles. The number of aliphatic hydroxyl groups excluding tert-OH is 2. The number of carbonyl (C=O) groups is 4. The summed E-state index contributed by atoms with van der Waals surface area (Å²) in [4.78, 5) is 47.6. The number of carboxylic acid groups (broad SMARTS) is 1. The lowest BCUT2D eigenvalue weighted by molar-refractivity contribution is -0.145. The quantitative estimate of drug-likeness (QED) is 0.219. The Morgan fingerprint density at radius 2 is 1.52 bits per heavy atom. The van der Waals surface area contributed by atoms with Gasteiger partial charge >= 0.3 is 5.97 Å². The van der Waals surface area contributed by atoms with Gasteiger partial charge in [-0.1, -0.05) is 0 Å². The molecule has 6 unspecified atom stereocenters. The Labute approximate surface area is 156 Å². The maximum Gasteiger partial charge on any atom is 0.328 e. The van der Waals surface area contributed by atoms with E-state index in [9.17, 15) is 29.4 Å². The fraction of sp³-hybridized carbons (Fsp3) is 0.750. The van der Waals surface area contributed by atoms with E-state index >= 15 is 0 Å². The molecule has 11 nitrogen and oxygen atoms in total. The molecule has 0 aromatic rings. The summed E-state index contributed by atoms with van der Waals surface area (Å²) in [5.74, 6) is -3.46. The zero-order chi connectivity index (χ0) is 20.7. The number of nitrogens with one attached hydrogen (secondary N) is 4. The molecule has 154 valence electrons. The number of hydrogen-bond acceptors (Lipinski definition) is 7. The molecule has 1 rings (SSSR count). The van der Waals surface area contributed by atoms with Crippen LogP contribution in [0.5, 0.6) is 0 Å². The molecule has 1 aliphatic heterocycles. The van der Waals surface area contributed by atoms with Gasteiger partial charge in [0.15, 0.2) is 6.04 Å². The summed E-state index contributed by atoms with van der Waals surface area (Å²) in [6.45, 7) is 4.53. The van der Waals surface area contributed by atoms with Gasteiger partial charge in [0.05, 0.1) is 18.2 Å². The van der Waals surface area contributed by atoms with Crippen LogP contribution in [0.1, 0.15) is 33.6 Å². The van der Waals surface area contributed by atoms with E-state index in [-0.39, 0.29) is 0 Å². The van der Waals surface area contributed by atoms with Gasteiger partial charge in [-0.3, -0.25) is 14.4 Å². The predicted molar refractivity (Wildman–Crippen MR) is 93.5 cm³/mol. The monoisotopic (exact) mass is 388 g/mol. The first-order valence-corrected chi connectivity index (χ1v) is 8.78. The van der Waals surface area contributed by atoms with Crippen LogP contribution in [0.4, 0.5) is 0 Å². The molecule has 0 spiro atoms. The van der Waals surface area contributed by atoms with Crippen molar-refractivity contribution in [2.75, 3.05) is 6.54 Å². The van der Waals surface area contributed by atoms with Gasteiger partial charge in [0.1, 0.15) is 12.1 Å². The topological polar surface area (TPSA) is 177 Å². The van der Waals surface area contributed by atoms with Gasteiger partial charge < -0.3 is 36.6 Å². The van der Waals surface area contributed by atoms with Crippen LogP contribution < -0.4 is 21.3 Å². The molecule has 27 heavy (non-hydrogen) atoms. The lowest BCUT2D eigenvalue weighted by Gasteiger charge is -2.25. The SMILES string of the molecule is CC(NC(=O)C(NC(=O)C1CCCN1)C(C)O)C(=O)NC(C(=O)O)C(C)O. The van der Waals surface area contributed by atoms with Crippen LogP contribution in [0.25, 0.3) is 0 Å². The Morgan fingerprint density at radius 1 is 0.926 bits per heavy atom. The van der Waals surface area contributed by atoms with Crippen molar-refractivity contribution < 1.29 is 34.5 Å². The second kappa shape index (κ2) is 10.2. The molecule has 1 heterocycles. The number of rotatable bonds is 9. The molecular formula is C16H28N4O7. The standard InChI is InChI=1S/C16H28N4O7/c1-7(13(23)20-12(9(3)22)16(26)27)18-15(25)11(8(2)21)19-14(24)10-5-4-6-17-10/h7-12,17,21-22H,4-6H2,1-3H3,(H,18,25)(H,19,24)(H,20,23)(H,26,27). The van der Waals surface area contributed by atoms with Crippen LogP contribution in [0.15, 0.2) is 0 Å². The van der Waals surface area contributed by atoms with Crippen molar-refractivity contribution in [3.05, 3.63) is 0 Å². The normalized spacial score (nSPS) is 22.0. The van der Waals surface area contributed by atoms with Gasteiger partial charge in [-0.05, 0) is 40.2 Å². The van der Waals surface area contributed by atoms with E-state index < -0.39 is 60.1 Å². The number of carboxylic acids is 1. The Bertz CT molecular complexity index is 561. The molecule has 3 amide bonds. The smallest absolute Gasteiger partial charge is 0.328 e. The Hall–Kier alpha value is -2.24. The highest BCUT2D eigenvalue weighted by Gasteiger charge is 2.32. The van der Waals surface area contributed by atoms with Crippen LogP contribution in [-0.4, -0.2) is 81.9 Å². The fourth-order valence-electron chi connectivity index (χ4n) is 2.60. The first-order valence-electron chi connectivity index (χ1n) is 8.78. The summed E-state index contributed by atoms with van der Waals surface area (Å²) in [5.41, 5.74) is 0. The molecule has 1 saturated heterocycles. The first-order chi connectivity index (χ1) is 12.5. The predicted octanol–water partition coefficient (Wildman–Crippen LogP) is -2.94. The molecule has 11 heteroatoms. The highest BCUT2D eigenvalue weighted by Crippen LogP contribution is 2.06. The van der Waals surface area contributed by atoms with Crippen LogP contribution >= 0.6 is 0 Å². The molecule has 0 aromatic heterocycles. The van der Waals surface area contributed by atoms with Crippen molar-refractivity contribution in [1.82, 2.24) is 21.3 Å². The average molecular weight is 388 g/mol. The maximum atomic E-state index is 12.4. The van der Waals surface area contributed by atoms with Crippen LogP contribution in [-0.2, 0) is 19.2 Å². The van der Waals surface area contributed by atoms with Gasteiger partial charge in [-0.15, -0.1) is 0 Å². The second-order valence-electron chi connectivity index (χ2n) is 6.67. The number of aliphatic hydroxyl groups is 2. The van der Waals surface area contributed by atoms with Gasteiger partial charge in [-0.2, -0.15) is 0 Å². The zero-order valence-corrected chi connectivity index (χ0v) is 15.6. The third-order valence-electron chi connectivity index (χ3n) is 4.24. The molecular weight excluding hydrogens is 360 g/mol. The fourth-order valence-corrected chi connectivity index (χ4v) is 2.60. The van der Waals surface area contributed by atoms with E-state index in [2.05, 4.69) is 21.3 Å². The third kappa shape index (κ3) is 6.77. The van der Waals surface area contributed by atoms with Crippen molar-refractivity contribution in [3.63, 3.8) is 0 Å². The maximum absolute atomic E-state index is 12.4. The Morgan fingerprint density at radius 3 is 1.96 bits per heavy atom. The lowest BCUT2D eigenvalue weighted by Crippen LogP contribution is -2.59. The van der Waals surface area contributed by atoms with Crippen molar-refractivity contribution in [1.29, 1.82) is 0 Å². The van der Waals surface area contributed by atoms with E-state index in [1.165, 1.54) is 20.8 Å². The van der Waals surface area contributed by atoms with E-state index in [0.717, 1.165) is 6.42 Å². The lowest BCUT2D eigenvalue weighted by atomic mass is 10.1. The summed E-state index contributed by atoms with van der Waals surface area (Å²) in [6, 6.07) is -4.40. The molecule has 1 aliphatic rings. The van der Waals surface area contributed by atoms with Crippen LogP contribution in [0.3, 0.4) is 0 Å². The number of hydrogen-bond donors (Lipinski definition) is 7. The van der Waals surface area contributed by atoms with Gasteiger partial charge in [0.25, 0.3) is 0 Å². The average Bonchev–Trinajstić information content (AvgIpc) is 3.10. The van der Waals surface area contributed by atoms with Gasteiger partial charge in [0.2, 0.25) is 17.7 Å². The Balaban J connectivity index is 2.67. The second-order valence-corrected chi connectivity index (χ2v) is 6.67. The molecule has 0 aliphatic carbocycles. The summed E-state index contributed by atoms with van der Waals surface area (Å²) in [7, 11) is 0. The van der Waals surface area contributed by atoms with E-state index in [1.54, 1.807) is 0 Å². The molecule has 1 fully saturated rings. The molecule has 0 radical (unpaired) electrons. The number of aliphatic carboxylic acids is 1. The van der Waals surface area contributed by atoms with Crippen LogP contribution in [0, 0.1) is 0 Å². The highest BCUT2D eigenvalue weighted by molar-refractivity contribution is 5.94. The minimum atomic E-state index is -1.53. The molecule has 0 aromatic carbocycles. The van der Waals surface area contributed by atoms with Gasteiger partial charge in [0, 0.05) is 0 Å². The largest absolute Gasteiger partial charge is 0.480 e. The highest BCUT2D eigenvalue weighted by atomic mass is 16.4. The first kappa shape index (κ1) is 22.8. The third-order valence-corrected chi connectivity index (χ3v) is 4.24. The molecule has 7 N–H and O–H groups in total. The molecule has 0 bridgehead atoms. The van der Waals surface area contributed by atoms with Gasteiger partial charge in [-0.25, -0.2) is 4.79 Å². The molecule has 6 atom stereocenters.